The minimum absolute atomic E-state index is 0.212. The summed E-state index contributed by atoms with van der Waals surface area (Å²) in [6, 6.07) is 6.51. The number of urea groups is 2. The predicted molar refractivity (Wildman–Crippen MR) is 119 cm³/mol. The smallest absolute Gasteiger partial charge is 0.325 e. The van der Waals surface area contributed by atoms with E-state index in [1.807, 2.05) is 24.3 Å². The Balaban J connectivity index is 1.12. The minimum Gasteiger partial charge on any atom is -0.332 e. The Hall–Kier alpha value is -2.90. The number of carbonyl (C=O) groups excluding carboxylic acids is 4. The van der Waals surface area contributed by atoms with Gasteiger partial charge in [-0.05, 0) is 86.7 Å². The van der Waals surface area contributed by atoms with E-state index in [4.69, 9.17) is 0 Å². The topological polar surface area (TPSA) is 108 Å². The molecule has 0 aromatic heterocycles. The van der Waals surface area contributed by atoms with E-state index in [1.54, 1.807) is 0 Å². The molecule has 4 saturated carbocycles. The van der Waals surface area contributed by atoms with Crippen molar-refractivity contribution in [2.45, 2.75) is 68.9 Å². The van der Waals surface area contributed by atoms with E-state index < -0.39 is 36.0 Å². The van der Waals surface area contributed by atoms with Crippen molar-refractivity contribution < 1.29 is 19.2 Å². The fraction of sp³-hybridized carbons (Fsp3) is 0.600. The van der Waals surface area contributed by atoms with Gasteiger partial charge in [-0.2, -0.15) is 0 Å². The molecule has 3 N–H and O–H groups in total. The number of fused-ring (bicyclic) bond motifs is 2. The number of rotatable bonds is 3. The first-order chi connectivity index (χ1) is 15.9. The van der Waals surface area contributed by atoms with Gasteiger partial charge in [0.05, 0.1) is 0 Å². The number of benzene rings is 1. The van der Waals surface area contributed by atoms with E-state index in [-0.39, 0.29) is 5.54 Å². The number of nitrogens with one attached hydrogen (secondary N) is 3. The molecule has 1 aromatic rings. The van der Waals surface area contributed by atoms with Crippen molar-refractivity contribution in [3.8, 4) is 0 Å². The van der Waals surface area contributed by atoms with Crippen molar-refractivity contribution in [3.63, 3.8) is 0 Å². The Morgan fingerprint density at radius 1 is 1.03 bits per heavy atom. The van der Waals surface area contributed by atoms with Crippen LogP contribution >= 0.6 is 0 Å². The van der Waals surface area contributed by atoms with Crippen molar-refractivity contribution in [2.75, 3.05) is 6.54 Å². The van der Waals surface area contributed by atoms with Gasteiger partial charge in [0.15, 0.2) is 0 Å². The standard InChI is InChI=1S/C25H30N4O4/c30-20(26-22(32)27-24-11-15-8-16(12-24)10-17(9-15)13-24)14-29-21(31)25(28-23(29)33)7-3-5-18-4-1-2-6-19(18)25/h1-2,4,6,15-17H,3,5,7-14H2,(H,28,33)(H2,26,27,30,32). The quantitative estimate of drug-likeness (QED) is 0.615. The summed E-state index contributed by atoms with van der Waals surface area (Å²) in [5, 5.41) is 8.31. The lowest BCUT2D eigenvalue weighted by molar-refractivity contribution is -0.135. The molecule has 6 aliphatic rings. The number of hydrogen-bond donors (Lipinski definition) is 3. The molecular formula is C25H30N4O4. The van der Waals surface area contributed by atoms with Crippen molar-refractivity contribution >= 4 is 23.9 Å². The van der Waals surface area contributed by atoms with Gasteiger partial charge in [-0.25, -0.2) is 9.59 Å². The van der Waals surface area contributed by atoms with Crippen molar-refractivity contribution in [1.82, 2.24) is 20.9 Å². The zero-order chi connectivity index (χ0) is 22.8. The highest BCUT2D eigenvalue weighted by atomic mass is 16.2. The molecule has 1 aromatic carbocycles. The van der Waals surface area contributed by atoms with Gasteiger partial charge in [-0.3, -0.25) is 19.8 Å². The van der Waals surface area contributed by atoms with Gasteiger partial charge in [0, 0.05) is 5.54 Å². The molecule has 1 heterocycles. The maximum absolute atomic E-state index is 13.3. The molecule has 1 saturated heterocycles. The first-order valence-corrected chi connectivity index (χ1v) is 12.2. The first kappa shape index (κ1) is 20.7. The molecule has 1 atom stereocenters. The number of hydrogen-bond acceptors (Lipinski definition) is 4. The van der Waals surface area contributed by atoms with Crippen molar-refractivity contribution in [2.24, 2.45) is 17.8 Å². The van der Waals surface area contributed by atoms with Crippen LogP contribution in [0, 0.1) is 17.8 Å². The zero-order valence-electron chi connectivity index (χ0n) is 18.7. The molecule has 1 spiro atoms. The van der Waals surface area contributed by atoms with Crippen LogP contribution in [-0.2, 0) is 21.5 Å². The number of nitrogens with zero attached hydrogens (tertiary/aromatic N) is 1. The van der Waals surface area contributed by atoms with Gasteiger partial charge in [-0.1, -0.05) is 24.3 Å². The molecule has 6 amide bonds. The van der Waals surface area contributed by atoms with Crippen LogP contribution in [-0.4, -0.2) is 40.9 Å². The Kier molecular flexibility index (Phi) is 4.58. The molecule has 7 rings (SSSR count). The molecule has 0 radical (unpaired) electrons. The molecule has 33 heavy (non-hydrogen) atoms. The van der Waals surface area contributed by atoms with Gasteiger partial charge < -0.3 is 10.6 Å². The van der Waals surface area contributed by atoms with Crippen molar-refractivity contribution in [3.05, 3.63) is 35.4 Å². The number of imide groups is 2. The second kappa shape index (κ2) is 7.30. The molecule has 1 unspecified atom stereocenters. The predicted octanol–water partition coefficient (Wildman–Crippen LogP) is 2.56. The fourth-order valence-electron chi connectivity index (χ4n) is 7.80. The molecule has 5 fully saturated rings. The highest BCUT2D eigenvalue weighted by molar-refractivity contribution is 6.10. The average Bonchev–Trinajstić information content (AvgIpc) is 2.97. The molecule has 8 nitrogen and oxygen atoms in total. The van der Waals surface area contributed by atoms with Crippen LogP contribution < -0.4 is 16.0 Å². The summed E-state index contributed by atoms with van der Waals surface area (Å²) < 4.78 is 0. The summed E-state index contributed by atoms with van der Waals surface area (Å²) in [6.45, 7) is -0.469. The average molecular weight is 451 g/mol. The van der Waals surface area contributed by atoms with Crippen LogP contribution in [0.3, 0.4) is 0 Å². The summed E-state index contributed by atoms with van der Waals surface area (Å²) in [5.41, 5.74) is 0.513. The molecule has 5 aliphatic carbocycles. The van der Waals surface area contributed by atoms with Gasteiger partial charge >= 0.3 is 12.1 Å². The second-order valence-electron chi connectivity index (χ2n) is 10.9. The van der Waals surface area contributed by atoms with Crippen LogP contribution in [0.15, 0.2) is 24.3 Å². The SMILES string of the molecule is O=C(CN1C(=O)NC2(CCCc3ccccc32)C1=O)NC(=O)NC12CC3CC(CC(C3)C1)C2. The molecular weight excluding hydrogens is 420 g/mol. The molecule has 1 aliphatic heterocycles. The van der Waals surface area contributed by atoms with Crippen LogP contribution in [0.1, 0.15) is 62.5 Å². The van der Waals surface area contributed by atoms with Gasteiger partial charge in [0.25, 0.3) is 5.91 Å². The zero-order valence-corrected chi connectivity index (χ0v) is 18.7. The fourth-order valence-corrected chi connectivity index (χ4v) is 7.80. The summed E-state index contributed by atoms with van der Waals surface area (Å²) in [7, 11) is 0. The Labute approximate surface area is 192 Å². The van der Waals surface area contributed by atoms with Crippen LogP contribution in [0.2, 0.25) is 0 Å². The van der Waals surface area contributed by atoms with Gasteiger partial charge in [0.2, 0.25) is 5.91 Å². The van der Waals surface area contributed by atoms with Crippen LogP contribution in [0.25, 0.3) is 0 Å². The second-order valence-corrected chi connectivity index (χ2v) is 10.9. The third-order valence-electron chi connectivity index (χ3n) is 8.62. The van der Waals surface area contributed by atoms with E-state index in [1.165, 1.54) is 19.3 Å². The van der Waals surface area contributed by atoms with Crippen LogP contribution in [0.4, 0.5) is 9.59 Å². The van der Waals surface area contributed by atoms with Crippen LogP contribution in [0.5, 0.6) is 0 Å². The maximum atomic E-state index is 13.3. The molecule has 174 valence electrons. The van der Waals surface area contributed by atoms with E-state index in [0.717, 1.165) is 48.1 Å². The minimum atomic E-state index is -1.12. The summed E-state index contributed by atoms with van der Waals surface area (Å²) in [4.78, 5) is 52.3. The lowest BCUT2D eigenvalue weighted by Crippen LogP contribution is -2.62. The maximum Gasteiger partial charge on any atom is 0.325 e. The summed E-state index contributed by atoms with van der Waals surface area (Å²) in [6.07, 6.45) is 8.86. The van der Waals surface area contributed by atoms with Crippen molar-refractivity contribution in [1.29, 1.82) is 0 Å². The van der Waals surface area contributed by atoms with Gasteiger partial charge in [0.1, 0.15) is 12.1 Å². The largest absolute Gasteiger partial charge is 0.332 e. The Morgan fingerprint density at radius 2 is 1.70 bits per heavy atom. The number of carbonyl (C=O) groups is 4. The summed E-state index contributed by atoms with van der Waals surface area (Å²) >= 11 is 0. The van der Waals surface area contributed by atoms with E-state index in [2.05, 4.69) is 16.0 Å². The highest BCUT2D eigenvalue weighted by Crippen LogP contribution is 2.55. The Morgan fingerprint density at radius 3 is 2.39 bits per heavy atom. The molecule has 8 heteroatoms. The number of amides is 6. The normalized spacial score (nSPS) is 36.0. The molecule has 4 bridgehead atoms. The summed E-state index contributed by atoms with van der Waals surface area (Å²) in [5.74, 6) is 0.950. The van der Waals surface area contributed by atoms with E-state index in [9.17, 15) is 19.2 Å². The van der Waals surface area contributed by atoms with Gasteiger partial charge in [-0.15, -0.1) is 0 Å². The number of aryl methyl sites for hydroxylation is 1. The van der Waals surface area contributed by atoms with E-state index in [0.29, 0.717) is 24.2 Å². The monoisotopic (exact) mass is 450 g/mol. The lowest BCUT2D eigenvalue weighted by atomic mass is 9.53. The highest BCUT2D eigenvalue weighted by Gasteiger charge is 2.55. The first-order valence-electron chi connectivity index (χ1n) is 12.2. The lowest BCUT2D eigenvalue weighted by Gasteiger charge is -2.56. The Bertz CT molecular complexity index is 1020. The third kappa shape index (κ3) is 3.33. The van der Waals surface area contributed by atoms with E-state index >= 15 is 0 Å². The third-order valence-corrected chi connectivity index (χ3v) is 8.62.